The Kier molecular flexibility index (Phi) is 12.9. The smallest absolute Gasteiger partial charge is 0.0642 e. The summed E-state index contributed by atoms with van der Waals surface area (Å²) in [5.41, 5.74) is 0. The van der Waals surface area contributed by atoms with Crippen LogP contribution in [0.25, 0.3) is 57.8 Å². The zero-order valence-electron chi connectivity index (χ0n) is 29.3. The van der Waals surface area contributed by atoms with Crippen LogP contribution in [0.3, 0.4) is 0 Å². The molecule has 6 heterocycles. The lowest BCUT2D eigenvalue weighted by atomic mass is 10.1. The average Bonchev–Trinajstić information content (AvgIpc) is 3.92. The van der Waals surface area contributed by atoms with Gasteiger partial charge in [0.15, 0.2) is 0 Å². The van der Waals surface area contributed by atoms with E-state index in [1.54, 1.807) is 28.6 Å². The summed E-state index contributed by atoms with van der Waals surface area (Å²) in [6, 6.07) is 10.1. The molecule has 0 unspecified atom stereocenters. The molecule has 0 nitrogen and oxygen atoms in total. The predicted octanol–water partition coefficient (Wildman–Crippen LogP) is 17.9. The molecule has 0 saturated carbocycles. The summed E-state index contributed by atoms with van der Waals surface area (Å²) in [7, 11) is 0. The molecule has 258 valence electrons. The minimum Gasteiger partial charge on any atom is -0.138 e. The van der Waals surface area contributed by atoms with Crippen molar-refractivity contribution in [2.75, 3.05) is 0 Å². The van der Waals surface area contributed by atoms with Gasteiger partial charge in [-0.2, -0.15) is 0 Å². The number of hydrogen-bond acceptors (Lipinski definition) is 6. The summed E-state index contributed by atoms with van der Waals surface area (Å²) in [5, 5.41) is 2.98. The van der Waals surface area contributed by atoms with Crippen LogP contribution in [-0.2, 0) is 12.8 Å². The molecule has 0 radical (unpaired) electrons. The van der Waals surface area contributed by atoms with Crippen LogP contribution in [0.4, 0.5) is 0 Å². The molecule has 0 spiro atoms. The number of fused-ring (bicyclic) bond motifs is 10. The van der Waals surface area contributed by atoms with E-state index >= 15 is 0 Å². The number of rotatable bonds is 22. The van der Waals surface area contributed by atoms with Crippen LogP contribution < -0.4 is 0 Å². The SMILES string of the molecule is CCCCCCCCCCCCc1cc2sc3c4cc5sc6c7sc(CCCCCCCCCCCC)cc7sc6c5cc4sc3c2s1. The van der Waals surface area contributed by atoms with Crippen molar-refractivity contribution in [3.63, 3.8) is 0 Å². The molecular formula is C42H54S6. The van der Waals surface area contributed by atoms with Crippen LogP contribution in [-0.4, -0.2) is 0 Å². The Bertz CT molecular complexity index is 1890. The van der Waals surface area contributed by atoms with Crippen LogP contribution in [0, 0.1) is 0 Å². The van der Waals surface area contributed by atoms with E-state index in [0.717, 1.165) is 0 Å². The quantitative estimate of drug-likeness (QED) is 0.0605. The standard InChI is InChI=1S/C42H54S6/c1-3-5-7-9-11-13-15-17-19-21-23-29-25-35-39(43-29)41-37(47-35)31-27-34-32(28-33(31)45-41)38-42(46-34)40-36(48-38)26-30(44-40)24-22-20-18-16-14-12-10-8-6-4-2/h25-28H,3-24H2,1-2H3. The molecule has 0 fully saturated rings. The second-order valence-corrected chi connectivity index (χ2v) is 20.7. The summed E-state index contributed by atoms with van der Waals surface area (Å²) in [5.74, 6) is 0. The third-order valence-corrected chi connectivity index (χ3v) is 18.2. The maximum Gasteiger partial charge on any atom is 0.0642 e. The second kappa shape index (κ2) is 17.5. The molecule has 0 aliphatic rings. The van der Waals surface area contributed by atoms with Gasteiger partial charge in [-0.05, 0) is 49.9 Å². The van der Waals surface area contributed by atoms with Gasteiger partial charge in [-0.15, -0.1) is 68.0 Å². The molecule has 6 aromatic heterocycles. The largest absolute Gasteiger partial charge is 0.138 e. The highest BCUT2D eigenvalue weighted by atomic mass is 32.1. The topological polar surface area (TPSA) is 0 Å². The first-order valence-corrected chi connectivity index (χ1v) is 24.3. The zero-order chi connectivity index (χ0) is 32.7. The van der Waals surface area contributed by atoms with Gasteiger partial charge >= 0.3 is 0 Å². The van der Waals surface area contributed by atoms with E-state index in [1.165, 1.54) is 180 Å². The van der Waals surface area contributed by atoms with E-state index in [0.29, 0.717) is 0 Å². The highest BCUT2D eigenvalue weighted by Gasteiger charge is 2.19. The average molecular weight is 751 g/mol. The lowest BCUT2D eigenvalue weighted by Gasteiger charge is -2.01. The first kappa shape index (κ1) is 35.4. The number of benzene rings is 1. The molecule has 1 aromatic carbocycles. The summed E-state index contributed by atoms with van der Waals surface area (Å²) >= 11 is 12.4. The van der Waals surface area contributed by atoms with Gasteiger partial charge in [0.05, 0.1) is 28.2 Å². The highest BCUT2D eigenvalue weighted by Crippen LogP contribution is 2.52. The van der Waals surface area contributed by atoms with E-state index in [1.807, 2.05) is 45.3 Å². The third-order valence-electron chi connectivity index (χ3n) is 10.3. The molecule has 0 aliphatic carbocycles. The Labute approximate surface area is 312 Å². The maximum atomic E-state index is 2.54. The van der Waals surface area contributed by atoms with E-state index in [4.69, 9.17) is 0 Å². The van der Waals surface area contributed by atoms with E-state index in [2.05, 4.69) is 60.8 Å². The lowest BCUT2D eigenvalue weighted by Crippen LogP contribution is -1.84. The monoisotopic (exact) mass is 750 g/mol. The number of aryl methyl sites for hydroxylation is 2. The fraction of sp³-hybridized carbons (Fsp3) is 0.571. The van der Waals surface area contributed by atoms with E-state index in [-0.39, 0.29) is 0 Å². The van der Waals surface area contributed by atoms with Crippen molar-refractivity contribution in [1.82, 2.24) is 0 Å². The molecule has 0 atom stereocenters. The first-order valence-electron chi connectivity index (χ1n) is 19.4. The highest BCUT2D eigenvalue weighted by molar-refractivity contribution is 7.42. The van der Waals surface area contributed by atoms with Crippen LogP contribution in [0.15, 0.2) is 24.3 Å². The number of hydrogen-bond donors (Lipinski definition) is 0. The minimum absolute atomic E-state index is 1.26. The summed E-state index contributed by atoms with van der Waals surface area (Å²) < 4.78 is 15.3. The van der Waals surface area contributed by atoms with Crippen LogP contribution in [0.2, 0.25) is 0 Å². The normalized spacial score (nSPS) is 12.5. The van der Waals surface area contributed by atoms with Crippen molar-refractivity contribution < 1.29 is 0 Å². The van der Waals surface area contributed by atoms with Gasteiger partial charge in [0.1, 0.15) is 0 Å². The van der Waals surface area contributed by atoms with Crippen molar-refractivity contribution in [2.24, 2.45) is 0 Å². The fourth-order valence-electron chi connectivity index (χ4n) is 7.50. The van der Waals surface area contributed by atoms with E-state index < -0.39 is 0 Å². The predicted molar refractivity (Wildman–Crippen MR) is 230 cm³/mol. The van der Waals surface area contributed by atoms with Gasteiger partial charge in [0, 0.05) is 39.3 Å². The van der Waals surface area contributed by atoms with Crippen molar-refractivity contribution in [1.29, 1.82) is 0 Å². The van der Waals surface area contributed by atoms with Crippen LogP contribution >= 0.6 is 68.0 Å². The molecule has 48 heavy (non-hydrogen) atoms. The molecule has 0 amide bonds. The third kappa shape index (κ3) is 8.20. The molecule has 0 bridgehead atoms. The Morgan fingerprint density at radius 3 is 1.02 bits per heavy atom. The molecular weight excluding hydrogens is 697 g/mol. The van der Waals surface area contributed by atoms with Gasteiger partial charge in [0.25, 0.3) is 0 Å². The summed E-state index contributed by atoms with van der Waals surface area (Å²) in [6.07, 6.45) is 30.8. The first-order chi connectivity index (χ1) is 23.7. The van der Waals surface area contributed by atoms with Crippen LogP contribution in [0.1, 0.15) is 152 Å². The minimum atomic E-state index is 1.26. The molecule has 0 saturated heterocycles. The Morgan fingerprint density at radius 1 is 0.312 bits per heavy atom. The van der Waals surface area contributed by atoms with Crippen molar-refractivity contribution >= 4 is 126 Å². The second-order valence-electron chi connectivity index (χ2n) is 14.2. The van der Waals surface area contributed by atoms with Crippen molar-refractivity contribution in [3.05, 3.63) is 34.0 Å². The maximum absolute atomic E-state index is 2.54. The van der Waals surface area contributed by atoms with Gasteiger partial charge in [-0.1, -0.05) is 129 Å². The Morgan fingerprint density at radius 2 is 0.646 bits per heavy atom. The molecule has 7 aromatic rings. The van der Waals surface area contributed by atoms with Gasteiger partial charge in [-0.3, -0.25) is 0 Å². The lowest BCUT2D eigenvalue weighted by molar-refractivity contribution is 0.557. The summed E-state index contributed by atoms with van der Waals surface area (Å²) in [6.45, 7) is 4.61. The van der Waals surface area contributed by atoms with Crippen molar-refractivity contribution in [3.8, 4) is 0 Å². The molecule has 7 rings (SSSR count). The molecule has 0 aliphatic heterocycles. The van der Waals surface area contributed by atoms with E-state index in [9.17, 15) is 0 Å². The number of thiophene rings is 6. The van der Waals surface area contributed by atoms with Crippen molar-refractivity contribution in [2.45, 2.75) is 155 Å². The van der Waals surface area contributed by atoms with Gasteiger partial charge in [-0.25, -0.2) is 0 Å². The number of unbranched alkanes of at least 4 members (excludes halogenated alkanes) is 18. The Balaban J connectivity index is 0.953. The fourth-order valence-corrected chi connectivity index (χ4v) is 15.9. The molecule has 0 N–H and O–H groups in total. The Hall–Kier alpha value is -1.02. The van der Waals surface area contributed by atoms with Crippen LogP contribution in [0.5, 0.6) is 0 Å². The molecule has 6 heteroatoms. The van der Waals surface area contributed by atoms with Gasteiger partial charge in [0.2, 0.25) is 0 Å². The van der Waals surface area contributed by atoms with Gasteiger partial charge < -0.3 is 0 Å². The zero-order valence-corrected chi connectivity index (χ0v) is 34.2. The summed E-state index contributed by atoms with van der Waals surface area (Å²) in [4.78, 5) is 3.20.